The third-order valence-electron chi connectivity index (χ3n) is 2.48. The van der Waals surface area contributed by atoms with Crippen molar-refractivity contribution in [1.82, 2.24) is 5.32 Å². The van der Waals surface area contributed by atoms with E-state index in [0.717, 1.165) is 5.56 Å². The van der Waals surface area contributed by atoms with Gasteiger partial charge in [-0.05, 0) is 29.3 Å². The number of amides is 1. The minimum atomic E-state index is -0.135. The van der Waals surface area contributed by atoms with E-state index in [2.05, 4.69) is 22.8 Å². The molecule has 2 aromatic rings. The lowest BCUT2D eigenvalue weighted by molar-refractivity contribution is -0.119. The zero-order chi connectivity index (χ0) is 11.5. The molecule has 16 heavy (non-hydrogen) atoms. The van der Waals surface area contributed by atoms with Crippen LogP contribution in [-0.4, -0.2) is 11.8 Å². The molecule has 0 fully saturated rings. The fraction of sp³-hybridized carbons (Fsp3) is 0.250. The Morgan fingerprint density at radius 3 is 3.00 bits per heavy atom. The molecule has 4 heteroatoms. The minimum Gasteiger partial charge on any atom is -0.348 e. The van der Waals surface area contributed by atoms with Crippen LogP contribution in [0.5, 0.6) is 0 Å². The molecule has 1 N–H and O–H groups in total. The van der Waals surface area contributed by atoms with Gasteiger partial charge in [-0.3, -0.25) is 4.79 Å². The number of fused-ring (bicyclic) bond motifs is 1. The SMILES string of the molecule is C[C@H](NC(=O)CCl)c1csc2ccccc12. The summed E-state index contributed by atoms with van der Waals surface area (Å²) in [4.78, 5) is 11.2. The first-order chi connectivity index (χ1) is 7.72. The van der Waals surface area contributed by atoms with Crippen LogP contribution in [0.2, 0.25) is 0 Å². The predicted octanol–water partition coefficient (Wildman–Crippen LogP) is 3.32. The number of benzene rings is 1. The lowest BCUT2D eigenvalue weighted by Gasteiger charge is -2.12. The number of thiophene rings is 1. The molecule has 1 aromatic heterocycles. The van der Waals surface area contributed by atoms with Crippen LogP contribution in [0.15, 0.2) is 29.6 Å². The van der Waals surface area contributed by atoms with Crippen molar-refractivity contribution in [3.63, 3.8) is 0 Å². The number of rotatable bonds is 3. The third kappa shape index (κ3) is 2.20. The Bertz CT molecular complexity index is 508. The van der Waals surface area contributed by atoms with E-state index in [4.69, 9.17) is 11.6 Å². The highest BCUT2D eigenvalue weighted by atomic mass is 35.5. The molecule has 1 heterocycles. The van der Waals surface area contributed by atoms with Crippen LogP contribution in [-0.2, 0) is 4.79 Å². The van der Waals surface area contributed by atoms with Crippen molar-refractivity contribution in [1.29, 1.82) is 0 Å². The first-order valence-corrected chi connectivity index (χ1v) is 6.45. The summed E-state index contributed by atoms with van der Waals surface area (Å²) in [6, 6.07) is 8.19. The summed E-state index contributed by atoms with van der Waals surface area (Å²) in [6.45, 7) is 1.97. The lowest BCUT2D eigenvalue weighted by Crippen LogP contribution is -2.27. The smallest absolute Gasteiger partial charge is 0.235 e. The van der Waals surface area contributed by atoms with Gasteiger partial charge in [0, 0.05) is 4.70 Å². The van der Waals surface area contributed by atoms with Crippen molar-refractivity contribution in [3.8, 4) is 0 Å². The van der Waals surface area contributed by atoms with E-state index in [1.54, 1.807) is 11.3 Å². The molecule has 1 atom stereocenters. The zero-order valence-electron chi connectivity index (χ0n) is 8.87. The maximum Gasteiger partial charge on any atom is 0.235 e. The lowest BCUT2D eigenvalue weighted by atomic mass is 10.1. The van der Waals surface area contributed by atoms with Gasteiger partial charge in [-0.1, -0.05) is 18.2 Å². The van der Waals surface area contributed by atoms with E-state index in [1.807, 2.05) is 19.1 Å². The van der Waals surface area contributed by atoms with Crippen molar-refractivity contribution in [2.24, 2.45) is 0 Å². The van der Waals surface area contributed by atoms with Crippen LogP contribution in [0.25, 0.3) is 10.1 Å². The normalized spacial score (nSPS) is 12.6. The second-order valence-electron chi connectivity index (χ2n) is 3.61. The van der Waals surface area contributed by atoms with Crippen LogP contribution >= 0.6 is 22.9 Å². The number of carbonyl (C=O) groups is 1. The molecule has 84 valence electrons. The van der Waals surface area contributed by atoms with Crippen molar-refractivity contribution in [2.45, 2.75) is 13.0 Å². The quantitative estimate of drug-likeness (QED) is 0.836. The Labute approximate surface area is 103 Å². The highest BCUT2D eigenvalue weighted by Crippen LogP contribution is 2.29. The summed E-state index contributed by atoms with van der Waals surface area (Å²) >= 11 is 7.16. The molecule has 0 saturated carbocycles. The van der Waals surface area contributed by atoms with Gasteiger partial charge in [0.15, 0.2) is 0 Å². The highest BCUT2D eigenvalue weighted by molar-refractivity contribution is 7.17. The van der Waals surface area contributed by atoms with Gasteiger partial charge < -0.3 is 5.32 Å². The third-order valence-corrected chi connectivity index (χ3v) is 3.70. The summed E-state index contributed by atoms with van der Waals surface area (Å²) in [5.41, 5.74) is 1.15. The van der Waals surface area contributed by atoms with Crippen molar-refractivity contribution in [2.75, 3.05) is 5.88 Å². The maximum absolute atomic E-state index is 11.2. The number of nitrogens with one attached hydrogen (secondary N) is 1. The summed E-state index contributed by atoms with van der Waals surface area (Å²) < 4.78 is 1.24. The van der Waals surface area contributed by atoms with E-state index in [0.29, 0.717) is 0 Å². The molecule has 0 spiro atoms. The second kappa shape index (κ2) is 4.85. The largest absolute Gasteiger partial charge is 0.348 e. The Kier molecular flexibility index (Phi) is 3.46. The van der Waals surface area contributed by atoms with E-state index in [9.17, 15) is 4.79 Å². The summed E-state index contributed by atoms with van der Waals surface area (Å²) in [7, 11) is 0. The van der Waals surface area contributed by atoms with Gasteiger partial charge in [-0.25, -0.2) is 0 Å². The molecule has 1 aromatic carbocycles. The van der Waals surface area contributed by atoms with E-state index in [-0.39, 0.29) is 17.8 Å². The molecule has 0 radical (unpaired) electrons. The second-order valence-corrected chi connectivity index (χ2v) is 4.79. The molecule has 0 unspecified atom stereocenters. The molecule has 2 nitrogen and oxygen atoms in total. The van der Waals surface area contributed by atoms with E-state index < -0.39 is 0 Å². The average molecular weight is 254 g/mol. The van der Waals surface area contributed by atoms with Crippen LogP contribution in [0.4, 0.5) is 0 Å². The van der Waals surface area contributed by atoms with E-state index in [1.165, 1.54) is 10.1 Å². The molecule has 1 amide bonds. The van der Waals surface area contributed by atoms with Gasteiger partial charge in [0.05, 0.1) is 6.04 Å². The highest BCUT2D eigenvalue weighted by Gasteiger charge is 2.12. The standard InChI is InChI=1S/C12H12ClNOS/c1-8(14-12(15)6-13)10-7-16-11-5-3-2-4-9(10)11/h2-5,7-8H,6H2,1H3,(H,14,15)/t8-/m0/s1. The monoisotopic (exact) mass is 253 g/mol. The summed E-state index contributed by atoms with van der Waals surface area (Å²) in [6.07, 6.45) is 0. The molecular weight excluding hydrogens is 242 g/mol. The maximum atomic E-state index is 11.2. The zero-order valence-corrected chi connectivity index (χ0v) is 10.4. The molecule has 0 bridgehead atoms. The minimum absolute atomic E-state index is 0.00222. The fourth-order valence-electron chi connectivity index (χ4n) is 1.69. The van der Waals surface area contributed by atoms with Crippen molar-refractivity contribution in [3.05, 3.63) is 35.2 Å². The van der Waals surface area contributed by atoms with Crippen LogP contribution < -0.4 is 5.32 Å². The number of halogens is 1. The van der Waals surface area contributed by atoms with Gasteiger partial charge in [-0.2, -0.15) is 0 Å². The number of carbonyl (C=O) groups excluding carboxylic acids is 1. The molecule has 2 rings (SSSR count). The molecule has 0 aliphatic rings. The fourth-order valence-corrected chi connectivity index (χ4v) is 2.82. The predicted molar refractivity (Wildman–Crippen MR) is 69.1 cm³/mol. The number of alkyl halides is 1. The van der Waals surface area contributed by atoms with Crippen LogP contribution in [0.3, 0.4) is 0 Å². The van der Waals surface area contributed by atoms with Crippen LogP contribution in [0.1, 0.15) is 18.5 Å². The first-order valence-electron chi connectivity index (χ1n) is 5.04. The van der Waals surface area contributed by atoms with Gasteiger partial charge in [0.25, 0.3) is 0 Å². The van der Waals surface area contributed by atoms with E-state index >= 15 is 0 Å². The topological polar surface area (TPSA) is 29.1 Å². The average Bonchev–Trinajstić information content (AvgIpc) is 2.72. The number of hydrogen-bond donors (Lipinski definition) is 1. The molecule has 0 saturated heterocycles. The number of hydrogen-bond acceptors (Lipinski definition) is 2. The van der Waals surface area contributed by atoms with Gasteiger partial charge in [0.1, 0.15) is 5.88 Å². The molecule has 0 aliphatic heterocycles. The Morgan fingerprint density at radius 1 is 1.50 bits per heavy atom. The Morgan fingerprint density at radius 2 is 2.25 bits per heavy atom. The van der Waals surface area contributed by atoms with Gasteiger partial charge >= 0.3 is 0 Å². The van der Waals surface area contributed by atoms with Crippen molar-refractivity contribution >= 4 is 38.9 Å². The van der Waals surface area contributed by atoms with Crippen LogP contribution in [0, 0.1) is 0 Å². The summed E-state index contributed by atoms with van der Waals surface area (Å²) in [5.74, 6) is -0.128. The van der Waals surface area contributed by atoms with Crippen molar-refractivity contribution < 1.29 is 4.79 Å². The van der Waals surface area contributed by atoms with Gasteiger partial charge in [0.2, 0.25) is 5.91 Å². The molecular formula is C12H12ClNOS. The van der Waals surface area contributed by atoms with Gasteiger partial charge in [-0.15, -0.1) is 22.9 Å². The Hall–Kier alpha value is -1.06. The Balaban J connectivity index is 2.29. The molecule has 0 aliphatic carbocycles. The summed E-state index contributed by atoms with van der Waals surface area (Å²) in [5, 5.41) is 6.15. The first kappa shape index (κ1) is 11.4.